The Balaban J connectivity index is 2.02. The highest BCUT2D eigenvalue weighted by molar-refractivity contribution is 6.25. The van der Waals surface area contributed by atoms with Gasteiger partial charge in [-0.3, -0.25) is 4.79 Å². The van der Waals surface area contributed by atoms with Gasteiger partial charge in [-0.2, -0.15) is 10.1 Å². The second-order valence-corrected chi connectivity index (χ2v) is 4.80. The number of methoxy groups -OCH3 is 1. The van der Waals surface area contributed by atoms with Crippen molar-refractivity contribution >= 4 is 17.3 Å². The molecule has 6 heteroatoms. The van der Waals surface area contributed by atoms with Crippen LogP contribution in [0.25, 0.3) is 0 Å². The molecule has 22 heavy (non-hydrogen) atoms. The first-order valence-corrected chi connectivity index (χ1v) is 6.62. The maximum Gasteiger partial charge on any atom is 0.314 e. The number of aliphatic hydroxyl groups is 2. The first-order chi connectivity index (χ1) is 10.5. The molecule has 0 saturated carbocycles. The van der Waals surface area contributed by atoms with Crippen molar-refractivity contribution in [3.8, 4) is 5.75 Å². The summed E-state index contributed by atoms with van der Waals surface area (Å²) >= 11 is 0. The minimum atomic E-state index is -2.65. The molecule has 1 aliphatic rings. The van der Waals surface area contributed by atoms with Crippen LogP contribution >= 0.6 is 0 Å². The minimum Gasteiger partial charge on any atom is -0.497 e. The highest BCUT2D eigenvalue weighted by atomic mass is 16.5. The third-order valence-corrected chi connectivity index (χ3v) is 3.39. The molecule has 0 radical (unpaired) electrons. The molecule has 0 saturated heterocycles. The Morgan fingerprint density at radius 1 is 1.05 bits per heavy atom. The molecule has 0 unspecified atom stereocenters. The van der Waals surface area contributed by atoms with Crippen LogP contribution in [0.2, 0.25) is 0 Å². The molecular formula is C16H14N2O4. The van der Waals surface area contributed by atoms with Crippen molar-refractivity contribution in [3.05, 3.63) is 60.2 Å². The van der Waals surface area contributed by atoms with E-state index in [1.165, 1.54) is 7.11 Å². The second-order valence-electron chi connectivity index (χ2n) is 4.80. The van der Waals surface area contributed by atoms with Gasteiger partial charge in [0, 0.05) is 5.56 Å². The van der Waals surface area contributed by atoms with E-state index < -0.39 is 11.7 Å². The molecular weight excluding hydrogens is 284 g/mol. The fraction of sp³-hybridized carbons (Fsp3) is 0.125. The molecule has 1 aliphatic heterocycles. The summed E-state index contributed by atoms with van der Waals surface area (Å²) in [6.45, 7) is 0. The number of carbonyl (C=O) groups is 1. The molecule has 3 rings (SSSR count). The summed E-state index contributed by atoms with van der Waals surface area (Å²) < 4.78 is 5.05. The summed E-state index contributed by atoms with van der Waals surface area (Å²) in [5.41, 5.74) is 0.787. The maximum atomic E-state index is 12.2. The largest absolute Gasteiger partial charge is 0.497 e. The van der Waals surface area contributed by atoms with Gasteiger partial charge in [-0.25, -0.2) is 0 Å². The number of hydrogen-bond acceptors (Lipinski definition) is 5. The second kappa shape index (κ2) is 5.25. The molecule has 0 bridgehead atoms. The molecule has 2 N–H and O–H groups in total. The van der Waals surface area contributed by atoms with Crippen molar-refractivity contribution in [2.75, 3.05) is 12.1 Å². The first kappa shape index (κ1) is 14.2. The number of rotatable bonds is 3. The van der Waals surface area contributed by atoms with E-state index in [1.807, 2.05) is 0 Å². The van der Waals surface area contributed by atoms with E-state index in [4.69, 9.17) is 4.74 Å². The summed E-state index contributed by atoms with van der Waals surface area (Å²) in [5, 5.41) is 25.3. The van der Waals surface area contributed by atoms with Crippen molar-refractivity contribution in [2.24, 2.45) is 5.10 Å². The lowest BCUT2D eigenvalue weighted by Crippen LogP contribution is -2.46. The van der Waals surface area contributed by atoms with Gasteiger partial charge in [0.05, 0.1) is 12.8 Å². The molecule has 0 fully saturated rings. The molecule has 0 aromatic heterocycles. The van der Waals surface area contributed by atoms with Crippen LogP contribution in [-0.2, 0) is 4.79 Å². The number of hydrazone groups is 1. The quantitative estimate of drug-likeness (QED) is 0.832. The highest BCUT2D eigenvalue weighted by Crippen LogP contribution is 2.29. The number of nitrogens with zero attached hydrogens (tertiary/aromatic N) is 2. The van der Waals surface area contributed by atoms with Crippen LogP contribution in [0.1, 0.15) is 5.56 Å². The van der Waals surface area contributed by atoms with Crippen molar-refractivity contribution in [2.45, 2.75) is 5.79 Å². The van der Waals surface area contributed by atoms with Crippen LogP contribution in [0.3, 0.4) is 0 Å². The Morgan fingerprint density at radius 2 is 1.68 bits per heavy atom. The van der Waals surface area contributed by atoms with Gasteiger partial charge in [0.2, 0.25) is 0 Å². The number of anilines is 1. The fourth-order valence-electron chi connectivity index (χ4n) is 2.22. The van der Waals surface area contributed by atoms with E-state index in [-0.39, 0.29) is 5.71 Å². The van der Waals surface area contributed by atoms with Crippen LogP contribution < -0.4 is 9.75 Å². The van der Waals surface area contributed by atoms with Gasteiger partial charge < -0.3 is 14.9 Å². The van der Waals surface area contributed by atoms with Gasteiger partial charge in [0.1, 0.15) is 11.5 Å². The Bertz CT molecular complexity index is 724. The van der Waals surface area contributed by atoms with Crippen molar-refractivity contribution in [3.63, 3.8) is 0 Å². The lowest BCUT2D eigenvalue weighted by molar-refractivity contribution is -0.155. The summed E-state index contributed by atoms with van der Waals surface area (Å²) in [7, 11) is 1.54. The third kappa shape index (κ3) is 2.24. The predicted molar refractivity (Wildman–Crippen MR) is 80.6 cm³/mol. The number of hydrogen-bond donors (Lipinski definition) is 2. The van der Waals surface area contributed by atoms with Crippen LogP contribution in [0, 0.1) is 0 Å². The van der Waals surface area contributed by atoms with E-state index in [2.05, 4.69) is 5.10 Å². The molecule has 0 aliphatic carbocycles. The number of benzene rings is 2. The Labute approximate surface area is 126 Å². The summed E-state index contributed by atoms with van der Waals surface area (Å²) in [6.07, 6.45) is 0. The van der Waals surface area contributed by atoms with Crippen molar-refractivity contribution < 1.29 is 19.7 Å². The molecule has 0 spiro atoms. The van der Waals surface area contributed by atoms with Crippen LogP contribution in [0.4, 0.5) is 5.69 Å². The van der Waals surface area contributed by atoms with E-state index >= 15 is 0 Å². The van der Waals surface area contributed by atoms with Crippen LogP contribution in [-0.4, -0.2) is 34.7 Å². The fourth-order valence-corrected chi connectivity index (χ4v) is 2.22. The zero-order chi connectivity index (χ0) is 15.7. The average Bonchev–Trinajstić information content (AvgIpc) is 2.79. The standard InChI is InChI=1S/C16H14N2O4/c1-22-13-9-7-12(8-10-13)18-15(19)16(20,21)14(17-18)11-5-3-2-4-6-11/h2-10,20-21H,1H3. The Morgan fingerprint density at radius 3 is 2.27 bits per heavy atom. The lowest BCUT2D eigenvalue weighted by Gasteiger charge is -2.17. The number of ether oxygens (including phenoxy) is 1. The zero-order valence-corrected chi connectivity index (χ0v) is 11.8. The van der Waals surface area contributed by atoms with Crippen molar-refractivity contribution in [1.29, 1.82) is 0 Å². The minimum absolute atomic E-state index is 0.103. The van der Waals surface area contributed by atoms with Crippen LogP contribution in [0.5, 0.6) is 5.75 Å². The van der Waals surface area contributed by atoms with E-state index in [0.29, 0.717) is 17.0 Å². The molecule has 6 nitrogen and oxygen atoms in total. The van der Waals surface area contributed by atoms with E-state index in [1.54, 1.807) is 54.6 Å². The highest BCUT2D eigenvalue weighted by Gasteiger charge is 2.49. The van der Waals surface area contributed by atoms with Gasteiger partial charge in [-0.15, -0.1) is 0 Å². The zero-order valence-electron chi connectivity index (χ0n) is 11.8. The van der Waals surface area contributed by atoms with Gasteiger partial charge in [-0.1, -0.05) is 30.3 Å². The lowest BCUT2D eigenvalue weighted by atomic mass is 10.0. The molecule has 112 valence electrons. The topological polar surface area (TPSA) is 82.4 Å². The number of amides is 1. The SMILES string of the molecule is COc1ccc(N2N=C(c3ccccc3)C(O)(O)C2=O)cc1. The van der Waals surface area contributed by atoms with E-state index in [9.17, 15) is 15.0 Å². The maximum absolute atomic E-state index is 12.2. The first-order valence-electron chi connectivity index (χ1n) is 6.62. The van der Waals surface area contributed by atoms with Gasteiger partial charge in [0.25, 0.3) is 5.79 Å². The Hall–Kier alpha value is -2.70. The Kier molecular flexibility index (Phi) is 3.40. The molecule has 1 amide bonds. The van der Waals surface area contributed by atoms with Crippen LogP contribution in [0.15, 0.2) is 59.7 Å². The smallest absolute Gasteiger partial charge is 0.314 e. The predicted octanol–water partition coefficient (Wildman–Crippen LogP) is 1.13. The third-order valence-electron chi connectivity index (χ3n) is 3.39. The van der Waals surface area contributed by atoms with Crippen molar-refractivity contribution in [1.82, 2.24) is 0 Å². The van der Waals surface area contributed by atoms with Gasteiger partial charge in [0.15, 0.2) is 0 Å². The van der Waals surface area contributed by atoms with E-state index in [0.717, 1.165) is 5.01 Å². The average molecular weight is 298 g/mol. The normalized spacial score (nSPS) is 16.6. The summed E-state index contributed by atoms with van der Waals surface area (Å²) in [6, 6.07) is 15.1. The van der Waals surface area contributed by atoms with Gasteiger partial charge >= 0.3 is 5.91 Å². The molecule has 2 aromatic carbocycles. The molecule has 0 atom stereocenters. The summed E-state index contributed by atoms with van der Waals surface area (Å²) in [5.74, 6) is -2.94. The van der Waals surface area contributed by atoms with Gasteiger partial charge in [-0.05, 0) is 24.3 Å². The number of carbonyl (C=O) groups excluding carboxylic acids is 1. The monoisotopic (exact) mass is 298 g/mol. The molecule has 2 aromatic rings. The molecule has 1 heterocycles. The summed E-state index contributed by atoms with van der Waals surface area (Å²) in [4.78, 5) is 12.2.